The topological polar surface area (TPSA) is 72.6 Å². The average molecular weight is 250 g/mol. The lowest BCUT2D eigenvalue weighted by Gasteiger charge is -2.33. The number of sulfonamides is 1. The van der Waals surface area contributed by atoms with Crippen LogP contribution in [0, 0.1) is 5.92 Å². The van der Waals surface area contributed by atoms with E-state index in [1.807, 2.05) is 6.92 Å². The predicted octanol–water partition coefficient (Wildman–Crippen LogP) is 0.0218. The molecular weight excluding hydrogens is 228 g/mol. The van der Waals surface area contributed by atoms with Crippen LogP contribution in [0.1, 0.15) is 19.8 Å². The Balaban J connectivity index is 2.59. The molecule has 96 valence electrons. The molecule has 1 fully saturated rings. The second-order valence-corrected chi connectivity index (χ2v) is 6.52. The van der Waals surface area contributed by atoms with Gasteiger partial charge in [-0.15, -0.1) is 0 Å². The lowest BCUT2D eigenvalue weighted by Crippen LogP contribution is -2.46. The molecule has 0 bridgehead atoms. The van der Waals surface area contributed by atoms with Crippen LogP contribution in [0.2, 0.25) is 0 Å². The smallest absolute Gasteiger partial charge is 0.216 e. The van der Waals surface area contributed by atoms with Gasteiger partial charge in [0.25, 0.3) is 0 Å². The molecule has 1 saturated heterocycles. The van der Waals surface area contributed by atoms with Gasteiger partial charge in [-0.05, 0) is 25.7 Å². The number of hydrogen-bond donors (Lipinski definition) is 1. The van der Waals surface area contributed by atoms with Gasteiger partial charge in [-0.2, -0.15) is 0 Å². The fraction of sp³-hybridized carbons (Fsp3) is 1.00. The summed E-state index contributed by atoms with van der Waals surface area (Å²) < 4.78 is 30.2. The molecule has 1 rings (SSSR count). The Bertz CT molecular complexity index is 303. The van der Waals surface area contributed by atoms with E-state index in [0.29, 0.717) is 13.1 Å². The molecule has 5 nitrogen and oxygen atoms in total. The van der Waals surface area contributed by atoms with Crippen molar-refractivity contribution in [2.24, 2.45) is 11.7 Å². The molecule has 16 heavy (non-hydrogen) atoms. The number of piperidine rings is 1. The maximum atomic E-state index is 11.9. The van der Waals surface area contributed by atoms with Gasteiger partial charge in [-0.25, -0.2) is 12.7 Å². The van der Waals surface area contributed by atoms with Crippen LogP contribution in [0.15, 0.2) is 0 Å². The van der Waals surface area contributed by atoms with E-state index in [4.69, 9.17) is 10.5 Å². The van der Waals surface area contributed by atoms with Crippen LogP contribution in [0.5, 0.6) is 0 Å². The van der Waals surface area contributed by atoms with Gasteiger partial charge in [-0.1, -0.05) is 0 Å². The number of hydrogen-bond acceptors (Lipinski definition) is 4. The fourth-order valence-electron chi connectivity index (χ4n) is 1.97. The summed E-state index contributed by atoms with van der Waals surface area (Å²) in [5, 5.41) is 0. The van der Waals surface area contributed by atoms with Gasteiger partial charge in [0, 0.05) is 26.2 Å². The average Bonchev–Trinajstić information content (AvgIpc) is 2.26. The quantitative estimate of drug-likeness (QED) is 0.746. The van der Waals surface area contributed by atoms with E-state index in [1.54, 1.807) is 4.31 Å². The second-order valence-electron chi connectivity index (χ2n) is 4.43. The number of nitrogens with two attached hydrogens (primary N) is 1. The van der Waals surface area contributed by atoms with Crippen LogP contribution in [0.3, 0.4) is 0 Å². The Hall–Kier alpha value is -0.170. The van der Waals surface area contributed by atoms with Crippen molar-refractivity contribution < 1.29 is 13.2 Å². The third-order valence-electron chi connectivity index (χ3n) is 3.10. The van der Waals surface area contributed by atoms with Gasteiger partial charge < -0.3 is 10.5 Å². The number of ether oxygens (including phenoxy) is 1. The SMILES string of the molecule is COCCS(=O)(=O)N1CCCC(C(C)N)C1. The molecule has 1 aliphatic rings. The van der Waals surface area contributed by atoms with Crippen molar-refractivity contribution in [3.8, 4) is 0 Å². The largest absolute Gasteiger partial charge is 0.384 e. The lowest BCUT2D eigenvalue weighted by atomic mass is 9.93. The van der Waals surface area contributed by atoms with Crippen molar-refractivity contribution in [1.29, 1.82) is 0 Å². The van der Waals surface area contributed by atoms with Crippen LogP contribution in [0.25, 0.3) is 0 Å². The molecule has 0 radical (unpaired) electrons. The molecule has 2 N–H and O–H groups in total. The van der Waals surface area contributed by atoms with Crippen LogP contribution in [-0.2, 0) is 14.8 Å². The standard InChI is InChI=1S/C10H22N2O3S/c1-9(11)10-4-3-5-12(8-10)16(13,14)7-6-15-2/h9-10H,3-8,11H2,1-2H3. The zero-order valence-electron chi connectivity index (χ0n) is 10.1. The van der Waals surface area contributed by atoms with Gasteiger partial charge in [0.1, 0.15) is 0 Å². The minimum Gasteiger partial charge on any atom is -0.384 e. The van der Waals surface area contributed by atoms with E-state index in [1.165, 1.54) is 7.11 Å². The molecule has 0 saturated carbocycles. The Morgan fingerprint density at radius 1 is 1.56 bits per heavy atom. The zero-order valence-corrected chi connectivity index (χ0v) is 10.9. The van der Waals surface area contributed by atoms with E-state index in [9.17, 15) is 8.42 Å². The van der Waals surface area contributed by atoms with E-state index in [-0.39, 0.29) is 24.3 Å². The Kier molecular flexibility index (Phi) is 5.17. The molecule has 2 unspecified atom stereocenters. The normalized spacial score (nSPS) is 25.6. The summed E-state index contributed by atoms with van der Waals surface area (Å²) in [4.78, 5) is 0. The first-order chi connectivity index (χ1) is 7.47. The van der Waals surface area contributed by atoms with E-state index < -0.39 is 10.0 Å². The summed E-state index contributed by atoms with van der Waals surface area (Å²) in [5.74, 6) is 0.348. The molecule has 0 spiro atoms. The summed E-state index contributed by atoms with van der Waals surface area (Å²) in [6.07, 6.45) is 1.92. The summed E-state index contributed by atoms with van der Waals surface area (Å²) in [6, 6.07) is 0.0559. The van der Waals surface area contributed by atoms with Crippen molar-refractivity contribution in [2.45, 2.75) is 25.8 Å². The number of methoxy groups -OCH3 is 1. The Morgan fingerprint density at radius 2 is 2.25 bits per heavy atom. The van der Waals surface area contributed by atoms with Crippen molar-refractivity contribution in [3.63, 3.8) is 0 Å². The number of rotatable bonds is 5. The molecule has 1 heterocycles. The van der Waals surface area contributed by atoms with E-state index in [2.05, 4.69) is 0 Å². The zero-order chi connectivity index (χ0) is 12.2. The van der Waals surface area contributed by atoms with Gasteiger partial charge in [-0.3, -0.25) is 0 Å². The van der Waals surface area contributed by atoms with Crippen LogP contribution >= 0.6 is 0 Å². The molecule has 0 amide bonds. The highest BCUT2D eigenvalue weighted by Gasteiger charge is 2.29. The van der Waals surface area contributed by atoms with Gasteiger partial charge in [0.2, 0.25) is 10.0 Å². The minimum atomic E-state index is -3.16. The van der Waals surface area contributed by atoms with E-state index in [0.717, 1.165) is 12.8 Å². The van der Waals surface area contributed by atoms with Crippen LogP contribution in [-0.4, -0.2) is 51.3 Å². The predicted molar refractivity (Wildman–Crippen MR) is 63.6 cm³/mol. The van der Waals surface area contributed by atoms with Gasteiger partial charge in [0.15, 0.2) is 0 Å². The highest BCUT2D eigenvalue weighted by Crippen LogP contribution is 2.21. The second kappa shape index (κ2) is 5.95. The maximum Gasteiger partial charge on any atom is 0.216 e. The van der Waals surface area contributed by atoms with Crippen molar-refractivity contribution in [1.82, 2.24) is 4.31 Å². The molecule has 1 aliphatic heterocycles. The molecule has 0 aromatic carbocycles. The molecular formula is C10H22N2O3S. The van der Waals surface area contributed by atoms with Crippen molar-refractivity contribution >= 4 is 10.0 Å². The summed E-state index contributed by atoms with van der Waals surface area (Å²) in [5.41, 5.74) is 5.83. The van der Waals surface area contributed by atoms with Gasteiger partial charge >= 0.3 is 0 Å². The first-order valence-electron chi connectivity index (χ1n) is 5.69. The molecule has 2 atom stereocenters. The van der Waals surface area contributed by atoms with Crippen LogP contribution in [0.4, 0.5) is 0 Å². The van der Waals surface area contributed by atoms with Gasteiger partial charge in [0.05, 0.1) is 12.4 Å². The maximum absolute atomic E-state index is 11.9. The fourth-order valence-corrected chi connectivity index (χ4v) is 3.43. The Morgan fingerprint density at radius 3 is 2.81 bits per heavy atom. The van der Waals surface area contributed by atoms with Crippen LogP contribution < -0.4 is 5.73 Å². The van der Waals surface area contributed by atoms with Crippen molar-refractivity contribution in [2.75, 3.05) is 32.6 Å². The lowest BCUT2D eigenvalue weighted by molar-refractivity contribution is 0.210. The third kappa shape index (κ3) is 3.69. The van der Waals surface area contributed by atoms with E-state index >= 15 is 0 Å². The summed E-state index contributed by atoms with van der Waals surface area (Å²) in [7, 11) is -1.65. The third-order valence-corrected chi connectivity index (χ3v) is 4.90. The molecule has 0 aliphatic carbocycles. The highest BCUT2D eigenvalue weighted by molar-refractivity contribution is 7.89. The first-order valence-corrected chi connectivity index (χ1v) is 7.30. The summed E-state index contributed by atoms with van der Waals surface area (Å²) >= 11 is 0. The Labute approximate surface area is 98.0 Å². The number of nitrogens with zero attached hydrogens (tertiary/aromatic N) is 1. The van der Waals surface area contributed by atoms with Crippen molar-refractivity contribution in [3.05, 3.63) is 0 Å². The first kappa shape index (κ1) is 13.9. The molecule has 0 aromatic heterocycles. The monoisotopic (exact) mass is 250 g/mol. The molecule has 0 aromatic rings. The highest BCUT2D eigenvalue weighted by atomic mass is 32.2. The minimum absolute atomic E-state index is 0.0559. The molecule has 6 heteroatoms. The summed E-state index contributed by atoms with van der Waals surface area (Å²) in [6.45, 7) is 3.37.